The molecule has 0 aliphatic heterocycles. The molecule has 2 N–H and O–H groups in total. The van der Waals surface area contributed by atoms with E-state index in [0.29, 0.717) is 5.56 Å². The topological polar surface area (TPSA) is 58.2 Å². The lowest BCUT2D eigenvalue weighted by molar-refractivity contribution is -0.117. The lowest BCUT2D eigenvalue weighted by atomic mass is 10.1. The fourth-order valence-electron chi connectivity index (χ4n) is 3.57. The summed E-state index contributed by atoms with van der Waals surface area (Å²) in [5.74, 6) is -5.58. The zero-order valence-electron chi connectivity index (χ0n) is 16.8. The van der Waals surface area contributed by atoms with Crippen molar-refractivity contribution in [2.24, 2.45) is 5.92 Å². The van der Waals surface area contributed by atoms with Gasteiger partial charge in [0.1, 0.15) is 16.0 Å². The number of carbonyl (C=O) groups excluding carboxylic acids is 2. The summed E-state index contributed by atoms with van der Waals surface area (Å²) in [5, 5.41) is 4.41. The number of benzene rings is 3. The predicted octanol–water partition coefficient (Wildman–Crippen LogP) is 7.19. The molecular weight excluding hydrogens is 535 g/mol. The zero-order valence-corrected chi connectivity index (χ0v) is 19.8. The van der Waals surface area contributed by atoms with Crippen molar-refractivity contribution in [3.63, 3.8) is 0 Å². The van der Waals surface area contributed by atoms with Crippen LogP contribution in [0.25, 0.3) is 0 Å². The Balaban J connectivity index is 1.55. The number of hydrogen-bond acceptors (Lipinski definition) is 2. The molecule has 0 aromatic heterocycles. The first-order valence-electron chi connectivity index (χ1n) is 9.69. The van der Waals surface area contributed by atoms with E-state index >= 15 is 4.39 Å². The van der Waals surface area contributed by atoms with Crippen LogP contribution in [-0.4, -0.2) is 16.1 Å². The van der Waals surface area contributed by atoms with Gasteiger partial charge in [-0.3, -0.25) is 9.59 Å². The van der Waals surface area contributed by atoms with E-state index in [-0.39, 0.29) is 21.4 Å². The van der Waals surface area contributed by atoms with Crippen molar-refractivity contribution < 1.29 is 22.8 Å². The quantitative estimate of drug-likeness (QED) is 0.332. The smallest absolute Gasteiger partial charge is 0.260 e. The highest BCUT2D eigenvalue weighted by molar-refractivity contribution is 6.53. The minimum Gasteiger partial charge on any atom is -0.323 e. The second-order valence-corrected chi connectivity index (χ2v) is 9.80. The zero-order chi connectivity index (χ0) is 24.8. The normalized spacial score (nSPS) is 18.3. The summed E-state index contributed by atoms with van der Waals surface area (Å²) < 4.78 is 40.2. The molecule has 3 aromatic carbocycles. The van der Waals surface area contributed by atoms with E-state index < -0.39 is 51.0 Å². The number of hydrogen-bond donors (Lipinski definition) is 2. The maximum atomic E-state index is 15.2. The monoisotopic (exact) mass is 546 g/mol. The maximum absolute atomic E-state index is 15.2. The van der Waals surface area contributed by atoms with Crippen LogP contribution < -0.4 is 10.6 Å². The van der Waals surface area contributed by atoms with E-state index in [1.165, 1.54) is 36.4 Å². The molecule has 4 rings (SSSR count). The number of carbonyl (C=O) groups is 2. The van der Waals surface area contributed by atoms with E-state index in [2.05, 4.69) is 10.6 Å². The third kappa shape index (κ3) is 4.70. The van der Waals surface area contributed by atoms with Crippen LogP contribution in [0.3, 0.4) is 0 Å². The first-order chi connectivity index (χ1) is 16.0. The Morgan fingerprint density at radius 2 is 1.53 bits per heavy atom. The van der Waals surface area contributed by atoms with E-state index in [1.807, 2.05) is 0 Å². The maximum Gasteiger partial charge on any atom is 0.260 e. The number of alkyl halides is 2. The Morgan fingerprint density at radius 3 is 2.18 bits per heavy atom. The van der Waals surface area contributed by atoms with Crippen LogP contribution in [0.5, 0.6) is 0 Å². The summed E-state index contributed by atoms with van der Waals surface area (Å²) in [4.78, 5) is 25.4. The molecule has 0 bridgehead atoms. The standard InChI is InChI=1S/C23H13Cl4F3N2O2/c24-13-6-8-16(20(30)17(13)21(33)31-12-4-2-11(28)3-5-12)32-22(34)19-18(23(19,26)27)10-1-7-15(29)14(25)9-10/h1-9,18-19H,(H,31,33)(H,32,34)/t18-,19?/m0/s1. The largest absolute Gasteiger partial charge is 0.323 e. The highest BCUT2D eigenvalue weighted by Crippen LogP contribution is 2.65. The average Bonchev–Trinajstić information content (AvgIpc) is 3.36. The van der Waals surface area contributed by atoms with Gasteiger partial charge in [-0.05, 0) is 54.1 Å². The molecule has 176 valence electrons. The van der Waals surface area contributed by atoms with Gasteiger partial charge in [-0.15, -0.1) is 23.2 Å². The third-order valence-electron chi connectivity index (χ3n) is 5.32. The van der Waals surface area contributed by atoms with Crippen molar-refractivity contribution >= 4 is 69.6 Å². The number of nitrogens with one attached hydrogen (secondary N) is 2. The van der Waals surface area contributed by atoms with Crippen molar-refractivity contribution in [2.45, 2.75) is 10.3 Å². The fourth-order valence-corrected chi connectivity index (χ4v) is 4.82. The van der Waals surface area contributed by atoms with Crippen molar-refractivity contribution in [3.05, 3.63) is 93.2 Å². The van der Waals surface area contributed by atoms with E-state index in [9.17, 15) is 18.4 Å². The lowest BCUT2D eigenvalue weighted by Crippen LogP contribution is -2.20. The first kappa shape index (κ1) is 24.7. The summed E-state index contributed by atoms with van der Waals surface area (Å²) in [6.07, 6.45) is 0. The second kappa shape index (κ2) is 9.30. The molecule has 1 aliphatic rings. The van der Waals surface area contributed by atoms with Crippen molar-refractivity contribution in [3.8, 4) is 0 Å². The molecule has 1 saturated carbocycles. The second-order valence-electron chi connectivity index (χ2n) is 7.54. The van der Waals surface area contributed by atoms with Crippen LogP contribution in [0, 0.1) is 23.4 Å². The van der Waals surface area contributed by atoms with Gasteiger partial charge >= 0.3 is 0 Å². The average molecular weight is 548 g/mol. The molecule has 0 spiro atoms. The minimum atomic E-state index is -1.53. The molecule has 11 heteroatoms. The van der Waals surface area contributed by atoms with Gasteiger partial charge in [0.15, 0.2) is 5.82 Å². The van der Waals surface area contributed by atoms with Gasteiger partial charge in [0.05, 0.1) is 27.2 Å². The summed E-state index contributed by atoms with van der Waals surface area (Å²) in [6.45, 7) is 0. The van der Waals surface area contributed by atoms with Crippen molar-refractivity contribution in [2.75, 3.05) is 10.6 Å². The molecule has 4 nitrogen and oxygen atoms in total. The SMILES string of the molecule is O=C(Nc1ccc(F)cc1)c1c(Cl)ccc(NC(=O)C2[C@H](c3ccc(F)c(Cl)c3)C2(Cl)Cl)c1F. The molecule has 3 aromatic rings. The molecular formula is C23H13Cl4F3N2O2. The minimum absolute atomic E-state index is 0.159. The molecule has 1 fully saturated rings. The Labute approximate surface area is 211 Å². The van der Waals surface area contributed by atoms with Crippen molar-refractivity contribution in [1.29, 1.82) is 0 Å². The number of amides is 2. The van der Waals surface area contributed by atoms with Gasteiger partial charge in [-0.25, -0.2) is 13.2 Å². The predicted molar refractivity (Wildman–Crippen MR) is 126 cm³/mol. The van der Waals surface area contributed by atoms with E-state index in [4.69, 9.17) is 46.4 Å². The molecule has 1 aliphatic carbocycles. The fraction of sp³-hybridized carbons (Fsp3) is 0.130. The van der Waals surface area contributed by atoms with E-state index in [1.54, 1.807) is 0 Å². The highest BCUT2D eigenvalue weighted by Gasteiger charge is 2.67. The van der Waals surface area contributed by atoms with Crippen LogP contribution in [-0.2, 0) is 4.79 Å². The third-order valence-corrected chi connectivity index (χ3v) is 6.86. The Kier molecular flexibility index (Phi) is 6.75. The van der Waals surface area contributed by atoms with Crippen molar-refractivity contribution in [1.82, 2.24) is 0 Å². The number of rotatable bonds is 5. The number of halogens is 7. The van der Waals surface area contributed by atoms with Crippen LogP contribution in [0.2, 0.25) is 10.0 Å². The summed E-state index contributed by atoms with van der Waals surface area (Å²) >= 11 is 24.4. The summed E-state index contributed by atoms with van der Waals surface area (Å²) in [7, 11) is 0. The molecule has 2 amide bonds. The Hall–Kier alpha value is -2.45. The first-order valence-corrected chi connectivity index (χ1v) is 11.2. The van der Waals surface area contributed by atoms with Gasteiger partial charge in [0.25, 0.3) is 5.91 Å². The molecule has 0 heterocycles. The molecule has 0 saturated heterocycles. The summed E-state index contributed by atoms with van der Waals surface area (Å²) in [6, 6.07) is 11.1. The Morgan fingerprint density at radius 1 is 0.853 bits per heavy atom. The molecule has 2 atom stereocenters. The van der Waals surface area contributed by atoms with Gasteiger partial charge in [0, 0.05) is 11.6 Å². The molecule has 34 heavy (non-hydrogen) atoms. The highest BCUT2D eigenvalue weighted by atomic mass is 35.5. The van der Waals surface area contributed by atoms with Crippen LogP contribution in [0.15, 0.2) is 54.6 Å². The number of anilines is 2. The van der Waals surface area contributed by atoms with Crippen LogP contribution >= 0.6 is 46.4 Å². The Bertz CT molecular complexity index is 1300. The van der Waals surface area contributed by atoms with Gasteiger partial charge < -0.3 is 10.6 Å². The molecule has 1 unspecified atom stereocenters. The summed E-state index contributed by atoms with van der Waals surface area (Å²) in [5.41, 5.74) is -0.202. The van der Waals surface area contributed by atoms with Crippen LogP contribution in [0.1, 0.15) is 21.8 Å². The van der Waals surface area contributed by atoms with Gasteiger partial charge in [-0.1, -0.05) is 29.3 Å². The molecule has 0 radical (unpaired) electrons. The van der Waals surface area contributed by atoms with Gasteiger partial charge in [0.2, 0.25) is 5.91 Å². The van der Waals surface area contributed by atoms with Gasteiger partial charge in [-0.2, -0.15) is 0 Å². The van der Waals surface area contributed by atoms with E-state index in [0.717, 1.165) is 18.2 Å². The van der Waals surface area contributed by atoms with Crippen LogP contribution in [0.4, 0.5) is 24.5 Å². The lowest BCUT2D eigenvalue weighted by Gasteiger charge is -2.12.